The van der Waals surface area contributed by atoms with E-state index in [1.807, 2.05) is 12.1 Å². The molecule has 0 saturated carbocycles. The molecular weight excluding hydrogens is 215 g/mol. The molecule has 0 amide bonds. The minimum atomic E-state index is -0.324. The quantitative estimate of drug-likeness (QED) is 0.510. The monoisotopic (exact) mass is 234 g/mol. The number of benzene rings is 1. The Morgan fingerprint density at radius 1 is 1.06 bits per heavy atom. The maximum absolute atomic E-state index is 10.6. The Kier molecular flexibility index (Phi) is 6.59. The van der Waals surface area contributed by atoms with Crippen molar-refractivity contribution in [3.05, 3.63) is 29.8 Å². The van der Waals surface area contributed by atoms with Gasteiger partial charge < -0.3 is 9.31 Å². The van der Waals surface area contributed by atoms with Crippen LogP contribution >= 0.6 is 0 Å². The van der Waals surface area contributed by atoms with Gasteiger partial charge in [0.15, 0.2) is 0 Å². The molecule has 0 radical (unpaired) electrons. The van der Waals surface area contributed by atoms with Gasteiger partial charge in [-0.2, -0.15) is 0 Å². The molecule has 17 heavy (non-hydrogen) atoms. The molecule has 0 saturated heterocycles. The van der Waals surface area contributed by atoms with Crippen LogP contribution in [0.3, 0.4) is 0 Å². The fraction of sp³-hybridized carbons (Fsp3) is 0.462. The SMILES string of the molecule is CCCOB(OCCC)c1ccc(C=O)cc1. The second-order valence-electron chi connectivity index (χ2n) is 3.86. The van der Waals surface area contributed by atoms with Gasteiger partial charge in [-0.15, -0.1) is 0 Å². The largest absolute Gasteiger partial charge is 0.493 e. The molecule has 0 aromatic heterocycles. The maximum atomic E-state index is 10.6. The summed E-state index contributed by atoms with van der Waals surface area (Å²) in [4.78, 5) is 10.6. The Morgan fingerprint density at radius 3 is 2.00 bits per heavy atom. The zero-order chi connectivity index (χ0) is 12.5. The Hall–Kier alpha value is -1.13. The van der Waals surface area contributed by atoms with Crippen molar-refractivity contribution >= 4 is 18.9 Å². The standard InChI is InChI=1S/C13H19BO3/c1-3-9-16-14(17-10-4-2)13-7-5-12(11-15)6-8-13/h5-8,11H,3-4,9-10H2,1-2H3. The van der Waals surface area contributed by atoms with Crippen LogP contribution in [-0.2, 0) is 9.31 Å². The zero-order valence-corrected chi connectivity index (χ0v) is 10.5. The van der Waals surface area contributed by atoms with Crippen molar-refractivity contribution in [2.24, 2.45) is 0 Å². The lowest BCUT2D eigenvalue weighted by atomic mass is 9.78. The van der Waals surface area contributed by atoms with Crippen molar-refractivity contribution in [2.45, 2.75) is 26.7 Å². The highest BCUT2D eigenvalue weighted by molar-refractivity contribution is 6.61. The van der Waals surface area contributed by atoms with Crippen LogP contribution in [-0.4, -0.2) is 26.6 Å². The third-order valence-electron chi connectivity index (χ3n) is 2.29. The van der Waals surface area contributed by atoms with Gasteiger partial charge >= 0.3 is 7.12 Å². The van der Waals surface area contributed by atoms with Crippen LogP contribution in [0, 0.1) is 0 Å². The summed E-state index contributed by atoms with van der Waals surface area (Å²) in [6.45, 7) is 5.46. The van der Waals surface area contributed by atoms with E-state index in [0.717, 1.165) is 24.6 Å². The van der Waals surface area contributed by atoms with E-state index in [2.05, 4.69) is 13.8 Å². The second kappa shape index (κ2) is 8.04. The van der Waals surface area contributed by atoms with E-state index >= 15 is 0 Å². The molecule has 0 fully saturated rings. The highest BCUT2D eigenvalue weighted by atomic mass is 16.6. The van der Waals surface area contributed by atoms with E-state index < -0.39 is 0 Å². The zero-order valence-electron chi connectivity index (χ0n) is 10.5. The fourth-order valence-corrected chi connectivity index (χ4v) is 1.42. The first kappa shape index (κ1) is 13.9. The molecule has 1 aromatic rings. The summed E-state index contributed by atoms with van der Waals surface area (Å²) < 4.78 is 11.3. The molecule has 1 aromatic carbocycles. The first-order valence-electron chi connectivity index (χ1n) is 6.10. The highest BCUT2D eigenvalue weighted by Crippen LogP contribution is 1.98. The molecule has 0 aliphatic rings. The van der Waals surface area contributed by atoms with Gasteiger partial charge in [0.2, 0.25) is 0 Å². The van der Waals surface area contributed by atoms with Gasteiger partial charge in [0.25, 0.3) is 0 Å². The summed E-state index contributed by atoms with van der Waals surface area (Å²) in [7, 11) is -0.324. The maximum Gasteiger partial charge on any atom is 0.493 e. The molecule has 0 unspecified atom stereocenters. The van der Waals surface area contributed by atoms with E-state index in [1.54, 1.807) is 12.1 Å². The van der Waals surface area contributed by atoms with E-state index in [0.29, 0.717) is 18.8 Å². The topological polar surface area (TPSA) is 35.5 Å². The fourth-order valence-electron chi connectivity index (χ4n) is 1.42. The molecule has 4 heteroatoms. The Balaban J connectivity index is 2.68. The first-order valence-corrected chi connectivity index (χ1v) is 6.10. The number of carbonyl (C=O) groups excluding carboxylic acids is 1. The Morgan fingerprint density at radius 2 is 1.59 bits per heavy atom. The van der Waals surface area contributed by atoms with Crippen LogP contribution < -0.4 is 5.46 Å². The Labute approximate surface area is 103 Å². The second-order valence-corrected chi connectivity index (χ2v) is 3.86. The average molecular weight is 234 g/mol. The van der Waals surface area contributed by atoms with Gasteiger partial charge in [-0.3, -0.25) is 4.79 Å². The molecule has 0 N–H and O–H groups in total. The van der Waals surface area contributed by atoms with Crippen LogP contribution in [0.25, 0.3) is 0 Å². The summed E-state index contributed by atoms with van der Waals surface area (Å²) in [6.07, 6.45) is 2.75. The first-order chi connectivity index (χ1) is 8.31. The third kappa shape index (κ3) is 4.71. The van der Waals surface area contributed by atoms with Gasteiger partial charge in [0.1, 0.15) is 6.29 Å². The molecule has 0 aliphatic heterocycles. The van der Waals surface area contributed by atoms with Crippen molar-refractivity contribution < 1.29 is 14.1 Å². The summed E-state index contributed by atoms with van der Waals surface area (Å²) in [5, 5.41) is 0. The van der Waals surface area contributed by atoms with Gasteiger partial charge in [0.05, 0.1) is 0 Å². The van der Waals surface area contributed by atoms with E-state index in [-0.39, 0.29) is 7.12 Å². The predicted octanol–water partition coefficient (Wildman–Crippen LogP) is 2.05. The third-order valence-corrected chi connectivity index (χ3v) is 2.29. The summed E-state index contributed by atoms with van der Waals surface area (Å²) in [6, 6.07) is 7.30. The minimum Gasteiger partial charge on any atom is -0.407 e. The average Bonchev–Trinajstić information content (AvgIpc) is 2.39. The predicted molar refractivity (Wildman–Crippen MR) is 69.7 cm³/mol. The van der Waals surface area contributed by atoms with Crippen molar-refractivity contribution in [1.29, 1.82) is 0 Å². The van der Waals surface area contributed by atoms with Crippen LogP contribution in [0.4, 0.5) is 0 Å². The number of aldehydes is 1. The number of hydrogen-bond acceptors (Lipinski definition) is 3. The smallest absolute Gasteiger partial charge is 0.407 e. The molecule has 1 rings (SSSR count). The Bertz CT molecular complexity index is 316. The van der Waals surface area contributed by atoms with Crippen LogP contribution in [0.5, 0.6) is 0 Å². The van der Waals surface area contributed by atoms with Crippen LogP contribution in [0.2, 0.25) is 0 Å². The van der Waals surface area contributed by atoms with Gasteiger partial charge in [0, 0.05) is 18.8 Å². The molecule has 92 valence electrons. The summed E-state index contributed by atoms with van der Waals surface area (Å²) >= 11 is 0. The van der Waals surface area contributed by atoms with Crippen molar-refractivity contribution in [1.82, 2.24) is 0 Å². The van der Waals surface area contributed by atoms with Gasteiger partial charge in [-0.25, -0.2) is 0 Å². The lowest BCUT2D eigenvalue weighted by Gasteiger charge is -2.14. The van der Waals surface area contributed by atoms with Gasteiger partial charge in [-0.1, -0.05) is 38.1 Å². The number of rotatable bonds is 8. The molecule has 0 heterocycles. The van der Waals surface area contributed by atoms with E-state index in [9.17, 15) is 4.79 Å². The normalized spacial score (nSPS) is 10.2. The van der Waals surface area contributed by atoms with Crippen molar-refractivity contribution in [3.8, 4) is 0 Å². The molecule has 0 spiro atoms. The molecular formula is C13H19BO3. The van der Waals surface area contributed by atoms with Crippen LogP contribution in [0.15, 0.2) is 24.3 Å². The molecule has 3 nitrogen and oxygen atoms in total. The molecule has 0 bridgehead atoms. The number of carbonyl (C=O) groups is 1. The molecule has 0 atom stereocenters. The minimum absolute atomic E-state index is 0.324. The number of hydrogen-bond donors (Lipinski definition) is 0. The van der Waals surface area contributed by atoms with Crippen molar-refractivity contribution in [3.63, 3.8) is 0 Å². The summed E-state index contributed by atoms with van der Waals surface area (Å²) in [5.41, 5.74) is 1.62. The summed E-state index contributed by atoms with van der Waals surface area (Å²) in [5.74, 6) is 0. The van der Waals surface area contributed by atoms with Gasteiger partial charge in [-0.05, 0) is 18.3 Å². The van der Waals surface area contributed by atoms with E-state index in [1.165, 1.54) is 0 Å². The molecule has 0 aliphatic carbocycles. The lowest BCUT2D eigenvalue weighted by Crippen LogP contribution is -2.37. The lowest BCUT2D eigenvalue weighted by molar-refractivity contribution is 0.112. The highest BCUT2D eigenvalue weighted by Gasteiger charge is 2.20. The van der Waals surface area contributed by atoms with Crippen LogP contribution in [0.1, 0.15) is 37.0 Å². The van der Waals surface area contributed by atoms with Crippen molar-refractivity contribution in [2.75, 3.05) is 13.2 Å². The van der Waals surface area contributed by atoms with E-state index in [4.69, 9.17) is 9.31 Å².